The summed E-state index contributed by atoms with van der Waals surface area (Å²) in [5.41, 5.74) is 1.10. The molecule has 0 radical (unpaired) electrons. The molecule has 108 valence electrons. The lowest BCUT2D eigenvalue weighted by atomic mass is 9.61. The summed E-state index contributed by atoms with van der Waals surface area (Å²) >= 11 is 0. The molecular weight excluding hydrogens is 262 g/mol. The van der Waals surface area contributed by atoms with E-state index in [0.717, 1.165) is 26.1 Å². The zero-order valence-electron chi connectivity index (χ0n) is 12.5. The summed E-state index contributed by atoms with van der Waals surface area (Å²) in [6, 6.07) is 6.10. The summed E-state index contributed by atoms with van der Waals surface area (Å²) in [4.78, 5) is 18.6. The number of likely N-dealkylation sites (tertiary alicyclic amines) is 1. The highest BCUT2D eigenvalue weighted by molar-refractivity contribution is 6.03. The Morgan fingerprint density at radius 2 is 2.19 bits per heavy atom. The van der Waals surface area contributed by atoms with E-state index >= 15 is 0 Å². The Morgan fingerprint density at radius 3 is 2.81 bits per heavy atom. The van der Waals surface area contributed by atoms with Crippen LogP contribution in [0.5, 0.6) is 0 Å². The van der Waals surface area contributed by atoms with Gasteiger partial charge in [-0.05, 0) is 18.1 Å². The molecule has 0 N–H and O–H groups in total. The summed E-state index contributed by atoms with van der Waals surface area (Å²) in [5, 5.41) is 9.19. The Bertz CT molecular complexity index is 634. The molecule has 2 aliphatic rings. The van der Waals surface area contributed by atoms with Gasteiger partial charge in [-0.3, -0.25) is 14.7 Å². The maximum absolute atomic E-state index is 12.2. The van der Waals surface area contributed by atoms with Crippen LogP contribution < -0.4 is 0 Å². The van der Waals surface area contributed by atoms with Crippen molar-refractivity contribution < 1.29 is 4.79 Å². The van der Waals surface area contributed by atoms with Gasteiger partial charge in [-0.25, -0.2) is 0 Å². The molecule has 2 heterocycles. The third-order valence-corrected chi connectivity index (χ3v) is 4.43. The topological polar surface area (TPSA) is 57.0 Å². The normalized spacial score (nSPS) is 23.3. The van der Waals surface area contributed by atoms with Crippen molar-refractivity contribution in [2.24, 2.45) is 10.8 Å². The lowest BCUT2D eigenvalue weighted by molar-refractivity contribution is -0.128. The van der Waals surface area contributed by atoms with Crippen molar-refractivity contribution >= 4 is 5.78 Å². The molecule has 1 aromatic heterocycles. The van der Waals surface area contributed by atoms with E-state index in [2.05, 4.69) is 22.0 Å². The molecule has 4 heteroatoms. The van der Waals surface area contributed by atoms with Gasteiger partial charge in [0.15, 0.2) is 5.78 Å². The minimum Gasteiger partial charge on any atom is -0.297 e. The van der Waals surface area contributed by atoms with Crippen LogP contribution in [-0.4, -0.2) is 28.8 Å². The quantitative estimate of drug-likeness (QED) is 0.835. The molecule has 1 aromatic rings. The molecule has 0 amide bonds. The first-order valence-corrected chi connectivity index (χ1v) is 7.23. The number of allylic oxidation sites excluding steroid dienone is 1. The Balaban J connectivity index is 1.73. The molecule has 3 rings (SSSR count). The van der Waals surface area contributed by atoms with Crippen LogP contribution in [0.25, 0.3) is 0 Å². The van der Waals surface area contributed by atoms with Crippen molar-refractivity contribution in [1.82, 2.24) is 9.88 Å². The second kappa shape index (κ2) is 4.78. The molecule has 0 atom stereocenters. The number of Topliss-reactive ketones (excluding diaryl/α,β-unsaturated/α-hetero) is 1. The third kappa shape index (κ3) is 2.50. The molecule has 0 unspecified atom stereocenters. The minimum absolute atomic E-state index is 0.00924. The molecule has 0 bridgehead atoms. The van der Waals surface area contributed by atoms with Crippen LogP contribution >= 0.6 is 0 Å². The molecule has 1 aliphatic carbocycles. The Labute approximate surface area is 125 Å². The highest BCUT2D eigenvalue weighted by atomic mass is 16.1. The highest BCUT2D eigenvalue weighted by Crippen LogP contribution is 2.48. The zero-order valence-corrected chi connectivity index (χ0v) is 12.5. The number of rotatable bonds is 2. The number of nitriles is 1. The average Bonchev–Trinajstić information content (AvgIpc) is 2.42. The van der Waals surface area contributed by atoms with Crippen LogP contribution in [0.4, 0.5) is 0 Å². The van der Waals surface area contributed by atoms with Gasteiger partial charge in [0.2, 0.25) is 0 Å². The number of nitrogens with zero attached hydrogens (tertiary/aromatic N) is 3. The van der Waals surface area contributed by atoms with Crippen LogP contribution in [0, 0.1) is 22.2 Å². The molecular formula is C17H19N3O. The number of hydrogen-bond donors (Lipinski definition) is 0. The van der Waals surface area contributed by atoms with Crippen molar-refractivity contribution in [3.8, 4) is 6.07 Å². The lowest BCUT2D eigenvalue weighted by Crippen LogP contribution is -2.58. The monoisotopic (exact) mass is 281 g/mol. The smallest absolute Gasteiger partial charge is 0.178 e. The van der Waals surface area contributed by atoms with Gasteiger partial charge in [0.1, 0.15) is 6.07 Å². The van der Waals surface area contributed by atoms with E-state index in [1.807, 2.05) is 32.2 Å². The minimum atomic E-state index is -0.430. The molecule has 4 nitrogen and oxygen atoms in total. The fraction of sp³-hybridized carbons (Fsp3) is 0.471. The van der Waals surface area contributed by atoms with E-state index in [-0.39, 0.29) is 11.2 Å². The van der Waals surface area contributed by atoms with Gasteiger partial charge in [-0.1, -0.05) is 26.0 Å². The Hall–Kier alpha value is -1.99. The zero-order chi connectivity index (χ0) is 15.1. The van der Waals surface area contributed by atoms with Gasteiger partial charge >= 0.3 is 0 Å². The summed E-state index contributed by atoms with van der Waals surface area (Å²) in [7, 11) is 0. The maximum Gasteiger partial charge on any atom is 0.178 e. The fourth-order valence-electron chi connectivity index (χ4n) is 3.74. The van der Waals surface area contributed by atoms with Crippen LogP contribution in [-0.2, 0) is 11.3 Å². The molecule has 0 aromatic carbocycles. The predicted molar refractivity (Wildman–Crippen MR) is 79.0 cm³/mol. The number of carbonyl (C=O) groups excluding carboxylic acids is 1. The van der Waals surface area contributed by atoms with Gasteiger partial charge < -0.3 is 0 Å². The predicted octanol–water partition coefficient (Wildman–Crippen LogP) is 2.33. The van der Waals surface area contributed by atoms with Crippen molar-refractivity contribution in [2.45, 2.75) is 26.8 Å². The van der Waals surface area contributed by atoms with E-state index in [1.54, 1.807) is 6.20 Å². The number of carbonyl (C=O) groups is 1. The SMILES string of the molecule is CC1(C)CC2(C=C(C#N)C1=O)CN(Cc1cccnc1)C2. The summed E-state index contributed by atoms with van der Waals surface area (Å²) in [5.74, 6) is -0.0127. The molecule has 0 saturated carbocycles. The van der Waals surface area contributed by atoms with Crippen molar-refractivity contribution in [2.75, 3.05) is 13.1 Å². The maximum atomic E-state index is 12.2. The number of ketones is 1. The number of hydrogen-bond acceptors (Lipinski definition) is 4. The molecule has 1 aliphatic heterocycles. The first kappa shape index (κ1) is 14.0. The van der Waals surface area contributed by atoms with Crippen molar-refractivity contribution in [3.63, 3.8) is 0 Å². The van der Waals surface area contributed by atoms with E-state index in [9.17, 15) is 10.1 Å². The van der Waals surface area contributed by atoms with Gasteiger partial charge in [0.05, 0.1) is 5.57 Å². The van der Waals surface area contributed by atoms with E-state index < -0.39 is 5.41 Å². The van der Waals surface area contributed by atoms with Crippen LogP contribution in [0.1, 0.15) is 25.8 Å². The van der Waals surface area contributed by atoms with Gasteiger partial charge in [-0.15, -0.1) is 0 Å². The van der Waals surface area contributed by atoms with Crippen molar-refractivity contribution in [3.05, 3.63) is 41.7 Å². The van der Waals surface area contributed by atoms with E-state index in [0.29, 0.717) is 5.57 Å². The van der Waals surface area contributed by atoms with Crippen LogP contribution in [0.2, 0.25) is 0 Å². The summed E-state index contributed by atoms with van der Waals surface area (Å²) < 4.78 is 0. The summed E-state index contributed by atoms with van der Waals surface area (Å²) in [6.45, 7) is 6.59. The lowest BCUT2D eigenvalue weighted by Gasteiger charge is -2.53. The fourth-order valence-corrected chi connectivity index (χ4v) is 3.74. The van der Waals surface area contributed by atoms with Gasteiger partial charge in [0, 0.05) is 42.9 Å². The molecule has 1 saturated heterocycles. The third-order valence-electron chi connectivity index (χ3n) is 4.43. The van der Waals surface area contributed by atoms with Gasteiger partial charge in [-0.2, -0.15) is 5.26 Å². The first-order chi connectivity index (χ1) is 9.94. The van der Waals surface area contributed by atoms with E-state index in [4.69, 9.17) is 0 Å². The van der Waals surface area contributed by atoms with Crippen LogP contribution in [0.15, 0.2) is 36.2 Å². The van der Waals surface area contributed by atoms with Crippen molar-refractivity contribution in [1.29, 1.82) is 5.26 Å². The van der Waals surface area contributed by atoms with E-state index in [1.165, 1.54) is 5.56 Å². The Kier molecular flexibility index (Phi) is 3.18. The average molecular weight is 281 g/mol. The molecule has 21 heavy (non-hydrogen) atoms. The second-order valence-corrected chi connectivity index (χ2v) is 6.93. The van der Waals surface area contributed by atoms with Crippen LogP contribution in [0.3, 0.4) is 0 Å². The number of aromatic nitrogens is 1. The highest BCUT2D eigenvalue weighted by Gasteiger charge is 2.50. The Morgan fingerprint density at radius 1 is 1.43 bits per heavy atom. The largest absolute Gasteiger partial charge is 0.297 e. The van der Waals surface area contributed by atoms with Gasteiger partial charge in [0.25, 0.3) is 0 Å². The standard InChI is InChI=1S/C17H19N3O/c1-16(2)10-17(6-14(7-18)15(16)21)11-20(12-17)9-13-4-3-5-19-8-13/h3-6,8H,9-12H2,1-2H3. The summed E-state index contributed by atoms with van der Waals surface area (Å²) in [6.07, 6.45) is 6.40. The first-order valence-electron chi connectivity index (χ1n) is 7.23. The second-order valence-electron chi connectivity index (χ2n) is 6.93. The molecule has 1 fully saturated rings. The molecule has 1 spiro atoms. The number of pyridine rings is 1.